The van der Waals surface area contributed by atoms with Gasteiger partial charge in [-0.1, -0.05) is 48.0 Å². The fourth-order valence-corrected chi connectivity index (χ4v) is 5.13. The zero-order valence-electron chi connectivity index (χ0n) is 21.4. The van der Waals surface area contributed by atoms with Gasteiger partial charge in [0, 0.05) is 49.1 Å². The zero-order valence-corrected chi connectivity index (χ0v) is 23.0. The first-order valence-electron chi connectivity index (χ1n) is 12.3. The minimum Gasteiger partial charge on any atom is -0.340 e. The van der Waals surface area contributed by atoms with Crippen molar-refractivity contribution in [2.75, 3.05) is 43.9 Å². The fourth-order valence-electron chi connectivity index (χ4n) is 4.17. The third-order valence-electron chi connectivity index (χ3n) is 6.29. The number of amides is 2. The van der Waals surface area contributed by atoms with E-state index in [0.717, 1.165) is 18.2 Å². The maximum Gasteiger partial charge on any atom is 0.251 e. The van der Waals surface area contributed by atoms with E-state index in [1.54, 1.807) is 16.0 Å². The van der Waals surface area contributed by atoms with E-state index in [4.69, 9.17) is 17.4 Å². The van der Waals surface area contributed by atoms with Gasteiger partial charge in [0.25, 0.3) is 5.91 Å². The van der Waals surface area contributed by atoms with Crippen molar-refractivity contribution in [1.82, 2.24) is 20.1 Å². The van der Waals surface area contributed by atoms with E-state index in [9.17, 15) is 18.0 Å². The summed E-state index contributed by atoms with van der Waals surface area (Å²) in [4.78, 5) is 30.2. The van der Waals surface area contributed by atoms with Gasteiger partial charge in [0.15, 0.2) is 9.84 Å². The van der Waals surface area contributed by atoms with E-state index in [0.29, 0.717) is 43.1 Å². The molecule has 0 unspecified atom stereocenters. The maximum atomic E-state index is 13.6. The second-order valence-electron chi connectivity index (χ2n) is 9.11. The standard InChI is InChI=1S/C27H29ClN6O4S/c1-39(37,38)22-10-8-20(23(28)18-22)9-11-25(35)34(19-26(36)32-14-5-15-33(29)17-16-32)24-12-13-30-31-27(24)21-6-3-2-4-7-21/h2-4,6-13,18H,5,14-17,19,29H2,1H3/b11-9+. The van der Waals surface area contributed by atoms with Gasteiger partial charge in [0.2, 0.25) is 5.91 Å². The number of benzene rings is 2. The number of sulfone groups is 1. The van der Waals surface area contributed by atoms with Crippen LogP contribution in [0.25, 0.3) is 17.3 Å². The van der Waals surface area contributed by atoms with E-state index in [2.05, 4.69) is 10.2 Å². The first-order chi connectivity index (χ1) is 18.6. The SMILES string of the molecule is CS(=O)(=O)c1ccc(/C=C/C(=O)N(CC(=O)N2CCCN(N)CC2)c2ccnnc2-c2ccccc2)c(Cl)c1. The van der Waals surface area contributed by atoms with Crippen LogP contribution in [0.2, 0.25) is 5.02 Å². The van der Waals surface area contributed by atoms with Crippen LogP contribution in [0.3, 0.4) is 0 Å². The van der Waals surface area contributed by atoms with Crippen molar-refractivity contribution in [3.63, 3.8) is 0 Å². The van der Waals surface area contributed by atoms with Crippen molar-refractivity contribution >= 4 is 45.0 Å². The predicted octanol–water partition coefficient (Wildman–Crippen LogP) is 2.65. The van der Waals surface area contributed by atoms with Gasteiger partial charge in [-0.15, -0.1) is 5.10 Å². The van der Waals surface area contributed by atoms with Gasteiger partial charge in [0.1, 0.15) is 12.2 Å². The highest BCUT2D eigenvalue weighted by Crippen LogP contribution is 2.29. The fraction of sp³-hybridized carbons (Fsp3) is 0.259. The Morgan fingerprint density at radius 2 is 1.85 bits per heavy atom. The van der Waals surface area contributed by atoms with Crippen LogP contribution < -0.4 is 10.7 Å². The van der Waals surface area contributed by atoms with E-state index in [-0.39, 0.29) is 22.4 Å². The molecule has 2 amide bonds. The van der Waals surface area contributed by atoms with E-state index < -0.39 is 15.7 Å². The molecule has 10 nitrogen and oxygen atoms in total. The minimum atomic E-state index is -3.43. The van der Waals surface area contributed by atoms with Crippen LogP contribution in [0.1, 0.15) is 12.0 Å². The molecule has 0 bridgehead atoms. The second-order valence-corrected chi connectivity index (χ2v) is 11.5. The predicted molar refractivity (Wildman–Crippen MR) is 150 cm³/mol. The number of nitrogens with two attached hydrogens (primary N) is 1. The Kier molecular flexibility index (Phi) is 9.08. The summed E-state index contributed by atoms with van der Waals surface area (Å²) < 4.78 is 23.7. The topological polar surface area (TPSA) is 130 Å². The van der Waals surface area contributed by atoms with Crippen molar-refractivity contribution < 1.29 is 18.0 Å². The van der Waals surface area contributed by atoms with Gasteiger partial charge < -0.3 is 4.90 Å². The molecule has 2 N–H and O–H groups in total. The lowest BCUT2D eigenvalue weighted by atomic mass is 10.1. The molecule has 1 aliphatic rings. The number of nitrogens with zero attached hydrogens (tertiary/aromatic N) is 5. The monoisotopic (exact) mass is 568 g/mol. The molecule has 1 saturated heterocycles. The van der Waals surface area contributed by atoms with Crippen LogP contribution >= 0.6 is 11.6 Å². The molecule has 1 fully saturated rings. The number of aromatic nitrogens is 2. The number of anilines is 1. The van der Waals surface area contributed by atoms with Crippen LogP contribution in [0.15, 0.2) is 71.8 Å². The Labute approximate surface area is 232 Å². The lowest BCUT2D eigenvalue weighted by Crippen LogP contribution is -2.44. The Hall–Kier alpha value is -3.64. The summed E-state index contributed by atoms with van der Waals surface area (Å²) in [6, 6.07) is 15.2. The van der Waals surface area contributed by atoms with Crippen molar-refractivity contribution in [3.8, 4) is 11.3 Å². The Morgan fingerprint density at radius 3 is 2.56 bits per heavy atom. The highest BCUT2D eigenvalue weighted by molar-refractivity contribution is 7.90. The highest BCUT2D eigenvalue weighted by atomic mass is 35.5. The molecule has 3 aromatic rings. The lowest BCUT2D eigenvalue weighted by Gasteiger charge is -2.27. The first kappa shape index (κ1) is 28.4. The number of hydrazine groups is 1. The van der Waals surface area contributed by atoms with E-state index >= 15 is 0 Å². The van der Waals surface area contributed by atoms with Crippen LogP contribution in [0.4, 0.5) is 5.69 Å². The van der Waals surface area contributed by atoms with Gasteiger partial charge in [-0.05, 0) is 36.3 Å². The van der Waals surface area contributed by atoms with Gasteiger partial charge >= 0.3 is 0 Å². The molecule has 204 valence electrons. The Morgan fingerprint density at radius 1 is 1.08 bits per heavy atom. The molecule has 0 saturated carbocycles. The summed E-state index contributed by atoms with van der Waals surface area (Å²) in [6.07, 6.45) is 6.07. The molecular formula is C27H29ClN6O4S. The number of hydrogen-bond acceptors (Lipinski definition) is 8. The number of carbonyl (C=O) groups is 2. The molecule has 0 spiro atoms. The Balaban J connectivity index is 1.67. The van der Waals surface area contributed by atoms with Gasteiger partial charge in [-0.3, -0.25) is 20.3 Å². The number of rotatable bonds is 7. The van der Waals surface area contributed by atoms with Crippen molar-refractivity contribution in [1.29, 1.82) is 0 Å². The smallest absolute Gasteiger partial charge is 0.251 e. The summed E-state index contributed by atoms with van der Waals surface area (Å²) in [5, 5.41) is 10.1. The summed E-state index contributed by atoms with van der Waals surface area (Å²) >= 11 is 6.30. The molecule has 0 aliphatic carbocycles. The largest absolute Gasteiger partial charge is 0.340 e. The zero-order chi connectivity index (χ0) is 28.0. The summed E-state index contributed by atoms with van der Waals surface area (Å²) in [5.41, 5.74) is 2.07. The molecule has 1 aromatic heterocycles. The molecular weight excluding hydrogens is 540 g/mol. The molecule has 2 heterocycles. The molecule has 0 atom stereocenters. The van der Waals surface area contributed by atoms with Crippen molar-refractivity contribution in [2.24, 2.45) is 5.84 Å². The molecule has 12 heteroatoms. The van der Waals surface area contributed by atoms with Crippen molar-refractivity contribution in [3.05, 3.63) is 77.5 Å². The highest BCUT2D eigenvalue weighted by Gasteiger charge is 2.26. The van der Waals surface area contributed by atoms with Crippen molar-refractivity contribution in [2.45, 2.75) is 11.3 Å². The molecule has 39 heavy (non-hydrogen) atoms. The third-order valence-corrected chi connectivity index (χ3v) is 7.72. The number of carbonyl (C=O) groups excluding carboxylic acids is 2. The molecule has 2 aromatic carbocycles. The summed E-state index contributed by atoms with van der Waals surface area (Å²) in [6.45, 7) is 1.98. The third kappa shape index (κ3) is 7.27. The average Bonchev–Trinajstić information content (AvgIpc) is 3.15. The summed E-state index contributed by atoms with van der Waals surface area (Å²) in [7, 11) is -3.43. The quantitative estimate of drug-likeness (QED) is 0.340. The van der Waals surface area contributed by atoms with E-state index in [1.807, 2.05) is 30.3 Å². The average molecular weight is 569 g/mol. The first-order valence-corrected chi connectivity index (χ1v) is 14.5. The second kappa shape index (κ2) is 12.5. The minimum absolute atomic E-state index is 0.0760. The normalized spacial score (nSPS) is 14.8. The molecule has 1 aliphatic heterocycles. The van der Waals surface area contributed by atoms with Gasteiger partial charge in [-0.2, -0.15) is 5.10 Å². The van der Waals surface area contributed by atoms with Crippen LogP contribution in [0.5, 0.6) is 0 Å². The molecule has 4 rings (SSSR count). The van der Waals surface area contributed by atoms with Crippen LogP contribution in [-0.4, -0.2) is 79.3 Å². The lowest BCUT2D eigenvalue weighted by molar-refractivity contribution is -0.130. The van der Waals surface area contributed by atoms with E-state index in [1.165, 1.54) is 41.4 Å². The Bertz CT molecular complexity index is 1480. The van der Waals surface area contributed by atoms with Crippen LogP contribution in [0, 0.1) is 0 Å². The number of hydrogen-bond donors (Lipinski definition) is 1. The summed E-state index contributed by atoms with van der Waals surface area (Å²) in [5.74, 6) is 5.22. The number of halogens is 1. The van der Waals surface area contributed by atoms with Crippen LogP contribution in [-0.2, 0) is 19.4 Å². The van der Waals surface area contributed by atoms with Gasteiger partial charge in [-0.25, -0.2) is 13.4 Å². The molecule has 0 radical (unpaired) electrons. The maximum absolute atomic E-state index is 13.6. The van der Waals surface area contributed by atoms with Gasteiger partial charge in [0.05, 0.1) is 16.8 Å².